The van der Waals surface area contributed by atoms with E-state index in [0.29, 0.717) is 16.9 Å². The quantitative estimate of drug-likeness (QED) is 0.930. The highest BCUT2D eigenvalue weighted by Crippen LogP contribution is 2.20. The third-order valence-electron chi connectivity index (χ3n) is 2.79. The van der Waals surface area contributed by atoms with Crippen LogP contribution in [0.5, 0.6) is 5.75 Å². The minimum Gasteiger partial charge on any atom is -0.489 e. The minimum absolute atomic E-state index is 0.0764. The minimum atomic E-state index is -1.33. The Labute approximate surface area is 114 Å². The molecule has 1 N–H and O–H groups in total. The molecular weight excluding hydrogens is 266 g/mol. The predicted octanol–water partition coefficient (Wildman–Crippen LogP) is 3.55. The largest absolute Gasteiger partial charge is 0.489 e. The Bertz CT molecular complexity index is 654. The van der Waals surface area contributed by atoms with E-state index in [2.05, 4.69) is 0 Å². The number of ether oxygens (including phenoxy) is 1. The second kappa shape index (κ2) is 5.69. The maximum absolute atomic E-state index is 13.2. The molecule has 0 heterocycles. The van der Waals surface area contributed by atoms with Gasteiger partial charge in [-0.3, -0.25) is 0 Å². The van der Waals surface area contributed by atoms with Gasteiger partial charge >= 0.3 is 5.97 Å². The Balaban J connectivity index is 2.15. The lowest BCUT2D eigenvalue weighted by atomic mass is 10.1. The molecule has 0 saturated carbocycles. The van der Waals surface area contributed by atoms with Crippen molar-refractivity contribution in [2.24, 2.45) is 0 Å². The Morgan fingerprint density at radius 1 is 1.20 bits per heavy atom. The summed E-state index contributed by atoms with van der Waals surface area (Å²) in [4.78, 5) is 10.8. The summed E-state index contributed by atoms with van der Waals surface area (Å²) in [7, 11) is 0. The molecule has 0 radical (unpaired) electrons. The Kier molecular flexibility index (Phi) is 3.98. The zero-order valence-corrected chi connectivity index (χ0v) is 10.7. The monoisotopic (exact) mass is 278 g/mol. The highest BCUT2D eigenvalue weighted by Gasteiger charge is 2.11. The number of rotatable bonds is 4. The van der Waals surface area contributed by atoms with Gasteiger partial charge in [-0.2, -0.15) is 0 Å². The van der Waals surface area contributed by atoms with Gasteiger partial charge < -0.3 is 9.84 Å². The molecule has 0 aromatic heterocycles. The number of carbonyl (C=O) groups is 1. The molecule has 2 aromatic rings. The molecule has 0 aliphatic rings. The first-order valence-corrected chi connectivity index (χ1v) is 5.88. The smallest absolute Gasteiger partial charge is 0.338 e. The number of halogens is 2. The standard InChI is InChI=1S/C15H12F2O3/c1-9-6-11(16)3-5-14(9)20-8-10-2-4-13(17)12(7-10)15(18)19/h2-7H,8H2,1H3,(H,18,19). The zero-order chi connectivity index (χ0) is 14.7. The number of carboxylic acids is 1. The summed E-state index contributed by atoms with van der Waals surface area (Å²) >= 11 is 0. The third kappa shape index (κ3) is 3.12. The van der Waals surface area contributed by atoms with Crippen LogP contribution in [0.1, 0.15) is 21.5 Å². The van der Waals surface area contributed by atoms with Crippen molar-refractivity contribution < 1.29 is 23.4 Å². The van der Waals surface area contributed by atoms with Crippen molar-refractivity contribution in [3.63, 3.8) is 0 Å². The van der Waals surface area contributed by atoms with Gasteiger partial charge in [0.15, 0.2) is 0 Å². The maximum atomic E-state index is 13.2. The van der Waals surface area contributed by atoms with Crippen LogP contribution in [-0.4, -0.2) is 11.1 Å². The maximum Gasteiger partial charge on any atom is 0.338 e. The van der Waals surface area contributed by atoms with Crippen LogP contribution >= 0.6 is 0 Å². The summed E-state index contributed by atoms with van der Waals surface area (Å²) in [5.74, 6) is -1.99. The molecule has 0 aliphatic heterocycles. The van der Waals surface area contributed by atoms with Crippen LogP contribution in [0.25, 0.3) is 0 Å². The van der Waals surface area contributed by atoms with Crippen LogP contribution in [-0.2, 0) is 6.61 Å². The van der Waals surface area contributed by atoms with Gasteiger partial charge in [-0.1, -0.05) is 6.07 Å². The number of aryl methyl sites for hydroxylation is 1. The molecule has 20 heavy (non-hydrogen) atoms. The average Bonchev–Trinajstić information content (AvgIpc) is 2.39. The Morgan fingerprint density at radius 3 is 2.60 bits per heavy atom. The lowest BCUT2D eigenvalue weighted by Gasteiger charge is -2.10. The van der Waals surface area contributed by atoms with Crippen molar-refractivity contribution in [1.82, 2.24) is 0 Å². The normalized spacial score (nSPS) is 10.3. The van der Waals surface area contributed by atoms with E-state index in [1.165, 1.54) is 30.3 Å². The molecule has 0 atom stereocenters. The molecule has 5 heteroatoms. The van der Waals surface area contributed by atoms with E-state index in [1.54, 1.807) is 6.92 Å². The first kappa shape index (κ1) is 14.0. The fraction of sp³-hybridized carbons (Fsp3) is 0.133. The fourth-order valence-electron chi connectivity index (χ4n) is 1.76. The van der Waals surface area contributed by atoms with Crippen molar-refractivity contribution in [2.75, 3.05) is 0 Å². The van der Waals surface area contributed by atoms with Crippen LogP contribution < -0.4 is 4.74 Å². The topological polar surface area (TPSA) is 46.5 Å². The summed E-state index contributed by atoms with van der Waals surface area (Å²) in [6.07, 6.45) is 0. The van der Waals surface area contributed by atoms with Crippen LogP contribution in [0, 0.1) is 18.6 Å². The van der Waals surface area contributed by atoms with E-state index in [9.17, 15) is 13.6 Å². The number of hydrogen-bond acceptors (Lipinski definition) is 2. The summed E-state index contributed by atoms with van der Waals surface area (Å²) in [5, 5.41) is 8.83. The lowest BCUT2D eigenvalue weighted by molar-refractivity contribution is 0.0691. The van der Waals surface area contributed by atoms with Crippen molar-refractivity contribution in [3.05, 3.63) is 64.7 Å². The summed E-state index contributed by atoms with van der Waals surface area (Å²) in [6, 6.07) is 7.85. The molecule has 2 rings (SSSR count). The predicted molar refractivity (Wildman–Crippen MR) is 68.8 cm³/mol. The van der Waals surface area contributed by atoms with E-state index in [4.69, 9.17) is 9.84 Å². The van der Waals surface area contributed by atoms with Crippen molar-refractivity contribution in [1.29, 1.82) is 0 Å². The molecule has 0 unspecified atom stereocenters. The van der Waals surface area contributed by atoms with E-state index < -0.39 is 17.3 Å². The van der Waals surface area contributed by atoms with E-state index in [0.717, 1.165) is 6.07 Å². The molecular formula is C15H12F2O3. The molecule has 0 aliphatic carbocycles. The SMILES string of the molecule is Cc1cc(F)ccc1OCc1ccc(F)c(C(=O)O)c1. The molecule has 0 spiro atoms. The van der Waals surface area contributed by atoms with E-state index in [-0.39, 0.29) is 12.4 Å². The van der Waals surface area contributed by atoms with Gasteiger partial charge in [-0.05, 0) is 48.4 Å². The van der Waals surface area contributed by atoms with Crippen LogP contribution in [0.15, 0.2) is 36.4 Å². The van der Waals surface area contributed by atoms with Gasteiger partial charge in [0.1, 0.15) is 24.0 Å². The molecule has 104 valence electrons. The van der Waals surface area contributed by atoms with Crippen molar-refractivity contribution >= 4 is 5.97 Å². The number of hydrogen-bond donors (Lipinski definition) is 1. The fourth-order valence-corrected chi connectivity index (χ4v) is 1.76. The molecule has 0 bridgehead atoms. The first-order valence-electron chi connectivity index (χ1n) is 5.88. The number of aromatic carboxylic acids is 1. The van der Waals surface area contributed by atoms with Gasteiger partial charge in [0, 0.05) is 0 Å². The van der Waals surface area contributed by atoms with E-state index >= 15 is 0 Å². The number of benzene rings is 2. The third-order valence-corrected chi connectivity index (χ3v) is 2.79. The Morgan fingerprint density at radius 2 is 1.95 bits per heavy atom. The molecule has 2 aromatic carbocycles. The van der Waals surface area contributed by atoms with E-state index in [1.807, 2.05) is 0 Å². The molecule has 0 fully saturated rings. The Hall–Kier alpha value is -2.43. The van der Waals surface area contributed by atoms with Crippen molar-refractivity contribution in [2.45, 2.75) is 13.5 Å². The molecule has 0 saturated heterocycles. The van der Waals surface area contributed by atoms with Crippen LogP contribution in [0.2, 0.25) is 0 Å². The molecule has 0 amide bonds. The first-order chi connectivity index (χ1) is 9.47. The van der Waals surface area contributed by atoms with Crippen LogP contribution in [0.3, 0.4) is 0 Å². The summed E-state index contributed by atoms with van der Waals surface area (Å²) < 4.78 is 31.6. The number of carboxylic acid groups (broad SMARTS) is 1. The zero-order valence-electron chi connectivity index (χ0n) is 10.7. The van der Waals surface area contributed by atoms with Gasteiger partial charge in [-0.25, -0.2) is 13.6 Å². The average molecular weight is 278 g/mol. The highest BCUT2D eigenvalue weighted by atomic mass is 19.1. The molecule has 3 nitrogen and oxygen atoms in total. The van der Waals surface area contributed by atoms with Gasteiger partial charge in [-0.15, -0.1) is 0 Å². The van der Waals surface area contributed by atoms with Gasteiger partial charge in [0.25, 0.3) is 0 Å². The van der Waals surface area contributed by atoms with Gasteiger partial charge in [0.2, 0.25) is 0 Å². The van der Waals surface area contributed by atoms with Crippen LogP contribution in [0.4, 0.5) is 8.78 Å². The lowest BCUT2D eigenvalue weighted by Crippen LogP contribution is -2.04. The second-order valence-corrected chi connectivity index (χ2v) is 4.32. The van der Waals surface area contributed by atoms with Crippen molar-refractivity contribution in [3.8, 4) is 5.75 Å². The highest BCUT2D eigenvalue weighted by molar-refractivity contribution is 5.88. The summed E-state index contributed by atoms with van der Waals surface area (Å²) in [6.45, 7) is 1.78. The second-order valence-electron chi connectivity index (χ2n) is 4.32. The summed E-state index contributed by atoms with van der Waals surface area (Å²) in [5.41, 5.74) is 0.750. The van der Waals surface area contributed by atoms with Gasteiger partial charge in [0.05, 0.1) is 5.56 Å².